The lowest BCUT2D eigenvalue weighted by molar-refractivity contribution is -0.765. The van der Waals surface area contributed by atoms with Crippen LogP contribution >= 0.6 is 0 Å². The fourth-order valence-corrected chi connectivity index (χ4v) is 3.56. The van der Waals surface area contributed by atoms with E-state index in [0.717, 1.165) is 19.3 Å². The van der Waals surface area contributed by atoms with Crippen molar-refractivity contribution in [2.45, 2.75) is 89.3 Å². The number of aliphatic hydroxyl groups is 2. The number of nitrogens with zero attached hydrogens (tertiary/aromatic N) is 1. The highest BCUT2D eigenvalue weighted by atomic mass is 16.6. The molecule has 4 atom stereocenters. The quantitative estimate of drug-likeness (QED) is 0.252. The van der Waals surface area contributed by atoms with E-state index in [2.05, 4.69) is 6.92 Å². The minimum atomic E-state index is -1.23. The largest absolute Gasteiger partial charge is 0.463 e. The molecule has 168 valence electrons. The minimum absolute atomic E-state index is 0.138. The van der Waals surface area contributed by atoms with Gasteiger partial charge in [-0.25, -0.2) is 0 Å². The van der Waals surface area contributed by atoms with E-state index in [1.54, 1.807) is 18.3 Å². The van der Waals surface area contributed by atoms with Crippen LogP contribution in [0.4, 0.5) is 0 Å². The number of rotatable bonds is 13. The van der Waals surface area contributed by atoms with Gasteiger partial charge in [0, 0.05) is 12.5 Å². The monoisotopic (exact) mass is 423 g/mol. The zero-order chi connectivity index (χ0) is 21.9. The number of hydrogen-bond donors (Lipinski definition) is 3. The molecule has 0 spiro atoms. The smallest absolute Gasteiger partial charge is 0.305 e. The highest BCUT2D eigenvalue weighted by Crippen LogP contribution is 2.26. The van der Waals surface area contributed by atoms with E-state index in [9.17, 15) is 19.8 Å². The number of hydrogen-bond acceptors (Lipinski definition) is 6. The van der Waals surface area contributed by atoms with Crippen LogP contribution in [0.25, 0.3) is 0 Å². The lowest BCUT2D eigenvalue weighted by Gasteiger charge is -2.13. The fourth-order valence-electron chi connectivity index (χ4n) is 3.56. The maximum atomic E-state index is 12.0. The summed E-state index contributed by atoms with van der Waals surface area (Å²) in [5.41, 5.74) is 5.53. The number of amides is 1. The second kappa shape index (κ2) is 12.6. The third kappa shape index (κ3) is 7.34. The van der Waals surface area contributed by atoms with Gasteiger partial charge in [-0.1, -0.05) is 51.9 Å². The maximum absolute atomic E-state index is 12.0. The van der Waals surface area contributed by atoms with Gasteiger partial charge in [0.05, 0.1) is 0 Å². The second-order valence-electron chi connectivity index (χ2n) is 7.86. The molecule has 0 saturated carbocycles. The van der Waals surface area contributed by atoms with Gasteiger partial charge < -0.3 is 25.4 Å². The lowest BCUT2D eigenvalue weighted by Crippen LogP contribution is -2.46. The molecule has 1 aromatic rings. The standard InChI is InChI=1S/C22H34N2O6/c1-2-3-4-5-6-7-8-9-12-18(25)29-15-17-19(26)20(27)22(30-17)24-13-10-11-16(14-24)21(23)28/h10-11,13-14,17,19-20,22,26-27H,2-9,12,15H2,1H3,(H-,23,28)/p+1/t17?,19-,20-,22-/m1/s1. The number of aliphatic hydroxyl groups excluding tert-OH is 2. The van der Waals surface area contributed by atoms with Gasteiger partial charge in [0.1, 0.15) is 24.4 Å². The number of primary amides is 1. The van der Waals surface area contributed by atoms with Crippen LogP contribution < -0.4 is 10.3 Å². The molecular weight excluding hydrogens is 388 g/mol. The zero-order valence-electron chi connectivity index (χ0n) is 17.7. The molecule has 1 aliphatic heterocycles. The summed E-state index contributed by atoms with van der Waals surface area (Å²) in [5.74, 6) is -0.943. The molecule has 1 unspecified atom stereocenters. The summed E-state index contributed by atoms with van der Waals surface area (Å²) >= 11 is 0. The SMILES string of the molecule is CCCCCCCCCCC(=O)OCC1O[C@@H]([n+]2cccc(C(N)=O)c2)[C@H](O)[C@@H]1O. The van der Waals surface area contributed by atoms with E-state index in [4.69, 9.17) is 15.2 Å². The molecule has 1 aromatic heterocycles. The molecule has 1 fully saturated rings. The summed E-state index contributed by atoms with van der Waals surface area (Å²) in [4.78, 5) is 23.3. The van der Waals surface area contributed by atoms with E-state index < -0.39 is 30.4 Å². The third-order valence-electron chi connectivity index (χ3n) is 5.38. The van der Waals surface area contributed by atoms with Crippen LogP contribution in [-0.2, 0) is 14.3 Å². The molecule has 2 heterocycles. The molecule has 30 heavy (non-hydrogen) atoms. The van der Waals surface area contributed by atoms with E-state index in [1.165, 1.54) is 42.9 Å². The van der Waals surface area contributed by atoms with Gasteiger partial charge in [0.25, 0.3) is 12.1 Å². The summed E-state index contributed by atoms with van der Waals surface area (Å²) < 4.78 is 12.4. The number of ether oxygens (including phenoxy) is 2. The molecule has 0 bridgehead atoms. The van der Waals surface area contributed by atoms with Crippen molar-refractivity contribution < 1.29 is 33.8 Å². The van der Waals surface area contributed by atoms with E-state index in [0.29, 0.717) is 6.42 Å². The Balaban J connectivity index is 1.71. The lowest BCUT2D eigenvalue weighted by atomic mass is 10.1. The topological polar surface area (TPSA) is 123 Å². The van der Waals surface area contributed by atoms with Gasteiger partial charge in [-0.15, -0.1) is 0 Å². The van der Waals surface area contributed by atoms with Crippen molar-refractivity contribution in [2.24, 2.45) is 5.73 Å². The van der Waals surface area contributed by atoms with Crippen LogP contribution in [0, 0.1) is 0 Å². The molecule has 2 rings (SSSR count). The van der Waals surface area contributed by atoms with E-state index >= 15 is 0 Å². The number of nitrogens with two attached hydrogens (primary N) is 1. The van der Waals surface area contributed by atoms with Crippen molar-refractivity contribution in [2.75, 3.05) is 6.61 Å². The Labute approximate surface area is 178 Å². The molecule has 1 aliphatic rings. The molecule has 8 nitrogen and oxygen atoms in total. The number of carbonyl (C=O) groups is 2. The Morgan fingerprint density at radius 2 is 1.77 bits per heavy atom. The average molecular weight is 424 g/mol. The first-order valence-electron chi connectivity index (χ1n) is 10.9. The van der Waals surface area contributed by atoms with Crippen molar-refractivity contribution >= 4 is 11.9 Å². The molecular formula is C22H35N2O6+. The second-order valence-corrected chi connectivity index (χ2v) is 7.86. The van der Waals surface area contributed by atoms with Crippen molar-refractivity contribution in [3.05, 3.63) is 30.1 Å². The summed E-state index contributed by atoms with van der Waals surface area (Å²) in [6, 6.07) is 3.14. The molecule has 4 N–H and O–H groups in total. The van der Waals surface area contributed by atoms with E-state index in [-0.39, 0.29) is 18.1 Å². The predicted octanol–water partition coefficient (Wildman–Crippen LogP) is 1.77. The Bertz CT molecular complexity index is 683. The van der Waals surface area contributed by atoms with E-state index in [1.807, 2.05) is 0 Å². The minimum Gasteiger partial charge on any atom is -0.463 e. The van der Waals surface area contributed by atoms with Crippen LogP contribution in [0.1, 0.15) is 81.3 Å². The first-order chi connectivity index (χ1) is 14.4. The Morgan fingerprint density at radius 3 is 2.43 bits per heavy atom. The first kappa shape index (κ1) is 24.2. The summed E-state index contributed by atoms with van der Waals surface area (Å²) in [5, 5.41) is 20.5. The predicted molar refractivity (Wildman–Crippen MR) is 109 cm³/mol. The molecule has 0 aliphatic carbocycles. The Morgan fingerprint density at radius 1 is 1.10 bits per heavy atom. The van der Waals surface area contributed by atoms with Gasteiger partial charge in [-0.3, -0.25) is 9.59 Å². The van der Waals surface area contributed by atoms with Gasteiger partial charge in [-0.2, -0.15) is 4.57 Å². The van der Waals surface area contributed by atoms with Gasteiger partial charge in [0.2, 0.25) is 0 Å². The van der Waals surface area contributed by atoms with Crippen LogP contribution in [0.2, 0.25) is 0 Å². The zero-order valence-corrected chi connectivity index (χ0v) is 17.7. The van der Waals surface area contributed by atoms with Crippen LogP contribution in [-0.4, -0.2) is 47.0 Å². The number of esters is 1. The average Bonchev–Trinajstić information content (AvgIpc) is 3.02. The molecule has 0 radical (unpaired) electrons. The summed E-state index contributed by atoms with van der Waals surface area (Å²) in [6.45, 7) is 2.06. The number of carbonyl (C=O) groups excluding carboxylic acids is 2. The summed E-state index contributed by atoms with van der Waals surface area (Å²) in [6.07, 6.45) is 8.33. The number of aromatic nitrogens is 1. The Kier molecular flexibility index (Phi) is 10.2. The molecule has 1 amide bonds. The van der Waals surface area contributed by atoms with Crippen LogP contribution in [0.5, 0.6) is 0 Å². The maximum Gasteiger partial charge on any atom is 0.305 e. The normalized spacial score (nSPS) is 23.4. The fraction of sp³-hybridized carbons (Fsp3) is 0.682. The highest BCUT2D eigenvalue weighted by Gasteiger charge is 2.48. The number of unbranched alkanes of at least 4 members (excludes halogenated alkanes) is 7. The van der Waals surface area contributed by atoms with Gasteiger partial charge >= 0.3 is 5.97 Å². The first-order valence-corrected chi connectivity index (χ1v) is 10.9. The molecule has 8 heteroatoms. The third-order valence-corrected chi connectivity index (χ3v) is 5.38. The van der Waals surface area contributed by atoms with Crippen molar-refractivity contribution in [1.29, 1.82) is 0 Å². The van der Waals surface area contributed by atoms with Crippen molar-refractivity contribution in [3.8, 4) is 0 Å². The summed E-state index contributed by atoms with van der Waals surface area (Å²) in [7, 11) is 0. The van der Waals surface area contributed by atoms with Crippen molar-refractivity contribution in [3.63, 3.8) is 0 Å². The van der Waals surface area contributed by atoms with Crippen LogP contribution in [0.3, 0.4) is 0 Å². The van der Waals surface area contributed by atoms with Gasteiger partial charge in [0.15, 0.2) is 18.5 Å². The van der Waals surface area contributed by atoms with Crippen molar-refractivity contribution in [1.82, 2.24) is 0 Å². The number of pyridine rings is 1. The van der Waals surface area contributed by atoms with Crippen LogP contribution in [0.15, 0.2) is 24.5 Å². The molecule has 1 saturated heterocycles. The molecule has 0 aromatic carbocycles. The highest BCUT2D eigenvalue weighted by molar-refractivity contribution is 5.92. The van der Waals surface area contributed by atoms with Gasteiger partial charge in [-0.05, 0) is 12.5 Å². The Hall–Kier alpha value is -2.03.